The van der Waals surface area contributed by atoms with Crippen LogP contribution in [0.15, 0.2) is 12.3 Å². The summed E-state index contributed by atoms with van der Waals surface area (Å²) in [5, 5.41) is 9.36. The Morgan fingerprint density at radius 2 is 2.21 bits per heavy atom. The Balaban J connectivity index is 3.13. The van der Waals surface area contributed by atoms with Gasteiger partial charge in [-0.25, -0.2) is 9.78 Å². The summed E-state index contributed by atoms with van der Waals surface area (Å²) in [5.74, 6) is 0.00540. The maximum absolute atomic E-state index is 11.4. The fraction of sp³-hybridized carbons (Fsp3) is 0.571. The molecule has 0 aliphatic rings. The minimum Gasteiger partial charge on any atom is -0.478 e. The lowest BCUT2D eigenvalue weighted by atomic mass is 10.1. The number of carboxylic acids is 1. The summed E-state index contributed by atoms with van der Waals surface area (Å²) in [6.07, 6.45) is 1.65. The predicted molar refractivity (Wildman–Crippen MR) is 74.9 cm³/mol. The molecule has 1 rings (SSSR count). The summed E-state index contributed by atoms with van der Waals surface area (Å²) in [6.45, 7) is 7.90. The second kappa shape index (κ2) is 7.09. The first-order valence-electron chi connectivity index (χ1n) is 6.40. The van der Waals surface area contributed by atoms with E-state index in [9.17, 15) is 9.90 Å². The van der Waals surface area contributed by atoms with Gasteiger partial charge in [-0.05, 0) is 24.5 Å². The van der Waals surface area contributed by atoms with Crippen LogP contribution in [0.25, 0.3) is 0 Å². The largest absolute Gasteiger partial charge is 0.478 e. The molecule has 0 amide bonds. The third-order valence-electron chi connectivity index (χ3n) is 2.80. The lowest BCUT2D eigenvalue weighted by molar-refractivity contribution is 0.0696. The van der Waals surface area contributed by atoms with E-state index in [0.29, 0.717) is 24.9 Å². The molecule has 0 spiro atoms. The number of carbonyl (C=O) groups is 1. The van der Waals surface area contributed by atoms with Crippen LogP contribution < -0.4 is 4.90 Å². The Labute approximate surface area is 114 Å². The third-order valence-corrected chi connectivity index (χ3v) is 2.80. The first-order chi connectivity index (χ1) is 8.97. The second-order valence-corrected chi connectivity index (χ2v) is 4.96. The lowest BCUT2D eigenvalue weighted by Gasteiger charge is -2.27. The zero-order chi connectivity index (χ0) is 14.4. The number of carboxylic acid groups (broad SMARTS) is 1. The molecule has 0 radical (unpaired) electrons. The molecule has 0 aromatic carbocycles. The molecular weight excluding hydrogens is 244 g/mol. The molecule has 0 aliphatic carbocycles. The topological polar surface area (TPSA) is 62.7 Å². The summed E-state index contributed by atoms with van der Waals surface area (Å²) in [4.78, 5) is 17.6. The minimum absolute atomic E-state index is 0.277. The van der Waals surface area contributed by atoms with Gasteiger partial charge in [0.2, 0.25) is 0 Å². The van der Waals surface area contributed by atoms with E-state index in [2.05, 4.69) is 18.8 Å². The number of anilines is 1. The van der Waals surface area contributed by atoms with E-state index >= 15 is 0 Å². The zero-order valence-electron chi connectivity index (χ0n) is 12.0. The van der Waals surface area contributed by atoms with Gasteiger partial charge in [0.05, 0.1) is 6.61 Å². The van der Waals surface area contributed by atoms with Crippen molar-refractivity contribution in [3.8, 4) is 0 Å². The molecular formula is C14H22N2O3. The standard InChI is InChI=1S/C14H22N2O3/c1-10(2)9-16(7-8-19-4)13-12(14(17)18)11(3)5-6-15-13/h5-6,10H,7-9H2,1-4H3,(H,17,18). The van der Waals surface area contributed by atoms with E-state index in [1.54, 1.807) is 26.3 Å². The Bertz CT molecular complexity index is 433. The van der Waals surface area contributed by atoms with E-state index in [1.807, 2.05) is 4.90 Å². The number of aryl methyl sites for hydroxylation is 1. The number of pyridine rings is 1. The number of aromatic carboxylic acids is 1. The molecule has 1 aromatic rings. The molecule has 0 saturated carbocycles. The van der Waals surface area contributed by atoms with Crippen molar-refractivity contribution >= 4 is 11.8 Å². The lowest BCUT2D eigenvalue weighted by Crippen LogP contribution is -2.33. The molecule has 5 heteroatoms. The van der Waals surface area contributed by atoms with Crippen LogP contribution in [0.4, 0.5) is 5.82 Å². The SMILES string of the molecule is COCCN(CC(C)C)c1nccc(C)c1C(=O)O. The first-order valence-corrected chi connectivity index (χ1v) is 6.40. The molecule has 19 heavy (non-hydrogen) atoms. The van der Waals surface area contributed by atoms with Crippen LogP contribution in [-0.2, 0) is 4.74 Å². The van der Waals surface area contributed by atoms with Gasteiger partial charge in [-0.3, -0.25) is 0 Å². The highest BCUT2D eigenvalue weighted by molar-refractivity contribution is 5.94. The van der Waals surface area contributed by atoms with Crippen molar-refractivity contribution in [2.75, 3.05) is 31.7 Å². The van der Waals surface area contributed by atoms with Gasteiger partial charge in [0.25, 0.3) is 0 Å². The monoisotopic (exact) mass is 266 g/mol. The molecule has 0 fully saturated rings. The van der Waals surface area contributed by atoms with Crippen LogP contribution in [0.2, 0.25) is 0 Å². The highest BCUT2D eigenvalue weighted by Gasteiger charge is 2.20. The fourth-order valence-corrected chi connectivity index (χ4v) is 1.97. The Kier molecular flexibility index (Phi) is 5.76. The van der Waals surface area contributed by atoms with E-state index < -0.39 is 5.97 Å². The van der Waals surface area contributed by atoms with Gasteiger partial charge in [0.1, 0.15) is 11.4 Å². The molecule has 0 unspecified atom stereocenters. The average Bonchev–Trinajstić information content (AvgIpc) is 2.33. The van der Waals surface area contributed by atoms with Crippen molar-refractivity contribution in [1.29, 1.82) is 0 Å². The zero-order valence-corrected chi connectivity index (χ0v) is 12.0. The molecule has 1 N–H and O–H groups in total. The Morgan fingerprint density at radius 3 is 2.74 bits per heavy atom. The molecule has 106 valence electrons. The van der Waals surface area contributed by atoms with Crippen LogP contribution in [0.1, 0.15) is 29.8 Å². The first kappa shape index (κ1) is 15.4. The average molecular weight is 266 g/mol. The smallest absolute Gasteiger partial charge is 0.339 e. The van der Waals surface area contributed by atoms with Crippen molar-refractivity contribution < 1.29 is 14.6 Å². The number of hydrogen-bond donors (Lipinski definition) is 1. The van der Waals surface area contributed by atoms with Crippen LogP contribution in [0.5, 0.6) is 0 Å². The van der Waals surface area contributed by atoms with Gasteiger partial charge >= 0.3 is 5.97 Å². The maximum atomic E-state index is 11.4. The molecule has 0 bridgehead atoms. The van der Waals surface area contributed by atoms with Gasteiger partial charge in [-0.15, -0.1) is 0 Å². The molecule has 0 aliphatic heterocycles. The van der Waals surface area contributed by atoms with Crippen molar-refractivity contribution in [3.05, 3.63) is 23.4 Å². The van der Waals surface area contributed by atoms with Gasteiger partial charge in [-0.1, -0.05) is 13.8 Å². The normalized spacial score (nSPS) is 10.8. The van der Waals surface area contributed by atoms with E-state index in [0.717, 1.165) is 12.1 Å². The number of rotatable bonds is 7. The minimum atomic E-state index is -0.938. The highest BCUT2D eigenvalue weighted by Crippen LogP contribution is 2.21. The van der Waals surface area contributed by atoms with Crippen LogP contribution in [0.3, 0.4) is 0 Å². The van der Waals surface area contributed by atoms with Crippen molar-refractivity contribution in [2.45, 2.75) is 20.8 Å². The fourth-order valence-electron chi connectivity index (χ4n) is 1.97. The number of nitrogens with zero attached hydrogens (tertiary/aromatic N) is 2. The second-order valence-electron chi connectivity index (χ2n) is 4.96. The van der Waals surface area contributed by atoms with E-state index in [1.165, 1.54) is 0 Å². The number of aromatic nitrogens is 1. The molecule has 1 heterocycles. The maximum Gasteiger partial charge on any atom is 0.339 e. The number of methoxy groups -OCH3 is 1. The summed E-state index contributed by atoms with van der Waals surface area (Å²) < 4.78 is 5.09. The molecule has 0 atom stereocenters. The summed E-state index contributed by atoms with van der Waals surface area (Å²) in [7, 11) is 1.63. The summed E-state index contributed by atoms with van der Waals surface area (Å²) in [6, 6.07) is 1.72. The van der Waals surface area contributed by atoms with Crippen LogP contribution in [0, 0.1) is 12.8 Å². The Hall–Kier alpha value is -1.62. The molecule has 1 aromatic heterocycles. The summed E-state index contributed by atoms with van der Waals surface area (Å²) in [5.41, 5.74) is 1.00. The number of hydrogen-bond acceptors (Lipinski definition) is 4. The van der Waals surface area contributed by atoms with Crippen molar-refractivity contribution in [3.63, 3.8) is 0 Å². The van der Waals surface area contributed by atoms with Gasteiger partial charge in [-0.2, -0.15) is 0 Å². The third kappa shape index (κ3) is 4.21. The quantitative estimate of drug-likeness (QED) is 0.819. The van der Waals surface area contributed by atoms with Crippen LogP contribution in [-0.4, -0.2) is 42.9 Å². The predicted octanol–water partition coefficient (Wildman–Crippen LogP) is 2.20. The molecule has 5 nitrogen and oxygen atoms in total. The van der Waals surface area contributed by atoms with E-state index in [4.69, 9.17) is 4.74 Å². The summed E-state index contributed by atoms with van der Waals surface area (Å²) >= 11 is 0. The van der Waals surface area contributed by atoms with E-state index in [-0.39, 0.29) is 5.56 Å². The Morgan fingerprint density at radius 1 is 1.53 bits per heavy atom. The van der Waals surface area contributed by atoms with Gasteiger partial charge < -0.3 is 14.7 Å². The van der Waals surface area contributed by atoms with Crippen LogP contribution >= 0.6 is 0 Å². The van der Waals surface area contributed by atoms with Crippen molar-refractivity contribution in [1.82, 2.24) is 4.98 Å². The highest BCUT2D eigenvalue weighted by atomic mass is 16.5. The van der Waals surface area contributed by atoms with Gasteiger partial charge in [0, 0.05) is 26.4 Å². The van der Waals surface area contributed by atoms with Gasteiger partial charge in [0.15, 0.2) is 0 Å². The molecule has 0 saturated heterocycles. The van der Waals surface area contributed by atoms with Crippen molar-refractivity contribution in [2.24, 2.45) is 5.92 Å². The number of ether oxygens (including phenoxy) is 1.